The summed E-state index contributed by atoms with van der Waals surface area (Å²) in [4.78, 5) is 24.2. The van der Waals surface area contributed by atoms with Gasteiger partial charge in [0.15, 0.2) is 15.8 Å². The van der Waals surface area contributed by atoms with Crippen LogP contribution in [0, 0.1) is 0 Å². The molecule has 0 aliphatic carbocycles. The first-order chi connectivity index (χ1) is 14.2. The highest BCUT2D eigenvalue weighted by molar-refractivity contribution is 8.01. The van der Waals surface area contributed by atoms with Gasteiger partial charge in [0, 0.05) is 19.2 Å². The van der Waals surface area contributed by atoms with Gasteiger partial charge in [-0.25, -0.2) is 0 Å². The van der Waals surface area contributed by atoms with E-state index < -0.39 is 5.91 Å². The zero-order valence-electron chi connectivity index (χ0n) is 15.1. The molecule has 0 radical (unpaired) electrons. The maximum atomic E-state index is 12.3. The van der Waals surface area contributed by atoms with E-state index >= 15 is 0 Å². The lowest BCUT2D eigenvalue weighted by Gasteiger charge is -2.09. The summed E-state index contributed by atoms with van der Waals surface area (Å²) in [6.45, 7) is 1.28. The Morgan fingerprint density at radius 3 is 3.03 bits per heavy atom. The molecule has 4 rings (SSSR count). The Morgan fingerprint density at radius 1 is 1.31 bits per heavy atom. The zero-order valence-corrected chi connectivity index (χ0v) is 16.8. The fraction of sp³-hybridized carbons (Fsp3) is 0.353. The topological polar surface area (TPSA) is 132 Å². The van der Waals surface area contributed by atoms with Crippen LogP contribution in [0.5, 0.6) is 0 Å². The molecule has 1 aliphatic heterocycles. The molecule has 152 valence electrons. The number of thioether (sulfide) groups is 1. The van der Waals surface area contributed by atoms with E-state index in [1.165, 1.54) is 35.4 Å². The number of amides is 2. The third-order valence-electron chi connectivity index (χ3n) is 4.01. The minimum Gasteiger partial charge on any atom is -0.461 e. The van der Waals surface area contributed by atoms with Gasteiger partial charge in [-0.2, -0.15) is 0 Å². The molecule has 29 heavy (non-hydrogen) atoms. The Labute approximate surface area is 173 Å². The highest BCUT2D eigenvalue weighted by atomic mass is 32.2. The second kappa shape index (κ2) is 9.20. The molecular formula is C17H17N5O5S2. The van der Waals surface area contributed by atoms with Crippen LogP contribution >= 0.6 is 23.1 Å². The van der Waals surface area contributed by atoms with Crippen molar-refractivity contribution in [3.8, 4) is 11.5 Å². The molecule has 1 atom stereocenters. The summed E-state index contributed by atoms with van der Waals surface area (Å²) in [5, 5.41) is 17.4. The number of hydrogen-bond acceptors (Lipinski definition) is 10. The lowest BCUT2D eigenvalue weighted by molar-refractivity contribution is -0.119. The molecule has 0 aromatic carbocycles. The summed E-state index contributed by atoms with van der Waals surface area (Å²) in [6.07, 6.45) is 3.62. The van der Waals surface area contributed by atoms with E-state index in [0.29, 0.717) is 27.5 Å². The summed E-state index contributed by atoms with van der Waals surface area (Å²) >= 11 is 2.42. The number of nitrogens with one attached hydrogen (secondary N) is 2. The number of rotatable bonds is 8. The van der Waals surface area contributed by atoms with Gasteiger partial charge in [0.2, 0.25) is 16.8 Å². The standard InChI is InChI=1S/C17H17N5O5S2/c23-14(18-8-10-3-1-5-25-10)9-28-17-21-20-16(29-17)19-15(24)11-7-13(27-22-11)12-4-2-6-26-12/h2,4,6-7,10H,1,3,5,8-9H2,(H,18,23)(H,19,20,24). The molecule has 1 unspecified atom stereocenters. The molecule has 1 aliphatic rings. The molecule has 0 saturated carbocycles. The van der Waals surface area contributed by atoms with E-state index in [0.717, 1.165) is 19.4 Å². The van der Waals surface area contributed by atoms with E-state index in [-0.39, 0.29) is 23.5 Å². The first-order valence-electron chi connectivity index (χ1n) is 8.84. The van der Waals surface area contributed by atoms with Crippen molar-refractivity contribution < 1.29 is 23.3 Å². The van der Waals surface area contributed by atoms with E-state index in [1.807, 2.05) is 0 Å². The van der Waals surface area contributed by atoms with Crippen LogP contribution in [0.2, 0.25) is 0 Å². The van der Waals surface area contributed by atoms with Crippen LogP contribution < -0.4 is 10.6 Å². The largest absolute Gasteiger partial charge is 0.461 e. The van der Waals surface area contributed by atoms with Crippen molar-refractivity contribution in [2.45, 2.75) is 23.3 Å². The molecule has 0 bridgehead atoms. The van der Waals surface area contributed by atoms with Gasteiger partial charge in [0.25, 0.3) is 5.91 Å². The Hall–Kier alpha value is -2.70. The minimum atomic E-state index is -0.478. The molecule has 1 fully saturated rings. The number of hydrogen-bond donors (Lipinski definition) is 2. The van der Waals surface area contributed by atoms with E-state index in [1.54, 1.807) is 12.1 Å². The lowest BCUT2D eigenvalue weighted by atomic mass is 10.2. The average molecular weight is 435 g/mol. The molecular weight excluding hydrogens is 418 g/mol. The Bertz CT molecular complexity index is 965. The number of carbonyl (C=O) groups excluding carboxylic acids is 2. The van der Waals surface area contributed by atoms with E-state index in [2.05, 4.69) is 26.0 Å². The lowest BCUT2D eigenvalue weighted by Crippen LogP contribution is -2.32. The highest BCUT2D eigenvalue weighted by Crippen LogP contribution is 2.26. The third kappa shape index (κ3) is 5.22. The van der Waals surface area contributed by atoms with E-state index in [9.17, 15) is 9.59 Å². The number of carbonyl (C=O) groups is 2. The van der Waals surface area contributed by atoms with Gasteiger partial charge < -0.3 is 19.0 Å². The van der Waals surface area contributed by atoms with Gasteiger partial charge in [0.1, 0.15) is 0 Å². The van der Waals surface area contributed by atoms with Crippen LogP contribution in [0.3, 0.4) is 0 Å². The smallest absolute Gasteiger partial charge is 0.279 e. The predicted molar refractivity (Wildman–Crippen MR) is 105 cm³/mol. The number of nitrogens with zero attached hydrogens (tertiary/aromatic N) is 3. The van der Waals surface area contributed by atoms with Gasteiger partial charge in [-0.1, -0.05) is 28.3 Å². The normalized spacial score (nSPS) is 16.1. The van der Waals surface area contributed by atoms with Crippen molar-refractivity contribution in [1.82, 2.24) is 20.7 Å². The second-order valence-corrected chi connectivity index (χ2v) is 8.31. The quantitative estimate of drug-likeness (QED) is 0.404. The van der Waals surface area contributed by atoms with Crippen LogP contribution in [0.25, 0.3) is 11.5 Å². The summed E-state index contributed by atoms with van der Waals surface area (Å²) in [5.74, 6) is 0.463. The second-order valence-electron chi connectivity index (χ2n) is 6.11. The first-order valence-corrected chi connectivity index (χ1v) is 10.6. The summed E-state index contributed by atoms with van der Waals surface area (Å²) < 4.78 is 16.3. The van der Waals surface area contributed by atoms with Crippen molar-refractivity contribution in [3.63, 3.8) is 0 Å². The molecule has 3 aromatic heterocycles. The summed E-state index contributed by atoms with van der Waals surface area (Å²) in [5.41, 5.74) is 0.0920. The average Bonchev–Trinajstić information content (AvgIpc) is 3.51. The minimum absolute atomic E-state index is 0.0920. The van der Waals surface area contributed by atoms with Crippen molar-refractivity contribution in [2.75, 3.05) is 24.2 Å². The number of ether oxygens (including phenoxy) is 1. The number of furan rings is 1. The molecule has 1 saturated heterocycles. The zero-order chi connectivity index (χ0) is 20.1. The van der Waals surface area contributed by atoms with Crippen LogP contribution in [0.15, 0.2) is 37.7 Å². The molecule has 4 heterocycles. The number of anilines is 1. The maximum Gasteiger partial charge on any atom is 0.279 e. The van der Waals surface area contributed by atoms with Crippen molar-refractivity contribution in [3.05, 3.63) is 30.2 Å². The van der Waals surface area contributed by atoms with Crippen LogP contribution in [-0.2, 0) is 9.53 Å². The predicted octanol–water partition coefficient (Wildman–Crippen LogP) is 2.43. The van der Waals surface area contributed by atoms with Gasteiger partial charge >= 0.3 is 0 Å². The molecule has 3 aromatic rings. The Morgan fingerprint density at radius 2 is 2.24 bits per heavy atom. The fourth-order valence-electron chi connectivity index (χ4n) is 2.61. The van der Waals surface area contributed by atoms with Gasteiger partial charge in [0.05, 0.1) is 18.1 Å². The van der Waals surface area contributed by atoms with Gasteiger partial charge in [-0.15, -0.1) is 10.2 Å². The number of aromatic nitrogens is 3. The van der Waals surface area contributed by atoms with E-state index in [4.69, 9.17) is 13.7 Å². The van der Waals surface area contributed by atoms with Crippen LogP contribution in [-0.4, -0.2) is 52.2 Å². The van der Waals surface area contributed by atoms with Crippen molar-refractivity contribution >= 4 is 40.0 Å². The molecule has 2 N–H and O–H groups in total. The molecule has 12 heteroatoms. The maximum absolute atomic E-state index is 12.3. The first kappa shape index (κ1) is 19.6. The molecule has 2 amide bonds. The fourth-order valence-corrected chi connectivity index (χ4v) is 4.19. The van der Waals surface area contributed by atoms with Crippen molar-refractivity contribution in [1.29, 1.82) is 0 Å². The van der Waals surface area contributed by atoms with Crippen LogP contribution in [0.4, 0.5) is 5.13 Å². The summed E-state index contributed by atoms with van der Waals surface area (Å²) in [6, 6.07) is 4.89. The Balaban J connectivity index is 1.24. The SMILES string of the molecule is O=C(CSc1nnc(NC(=O)c2cc(-c3ccco3)on2)s1)NCC1CCCO1. The van der Waals surface area contributed by atoms with Crippen molar-refractivity contribution in [2.24, 2.45) is 0 Å². The van der Waals surface area contributed by atoms with Gasteiger partial charge in [-0.05, 0) is 25.0 Å². The summed E-state index contributed by atoms with van der Waals surface area (Å²) in [7, 11) is 0. The molecule has 10 nitrogen and oxygen atoms in total. The third-order valence-corrected chi connectivity index (χ3v) is 5.98. The van der Waals surface area contributed by atoms with Gasteiger partial charge in [-0.3, -0.25) is 14.9 Å². The van der Waals surface area contributed by atoms with Crippen LogP contribution in [0.1, 0.15) is 23.3 Å². The molecule has 0 spiro atoms. The Kier molecular flexibility index (Phi) is 6.22. The highest BCUT2D eigenvalue weighted by Gasteiger charge is 2.18. The monoisotopic (exact) mass is 435 g/mol.